The smallest absolute Gasteiger partial charge is 0.225 e. The normalized spacial score (nSPS) is 18.4. The molecule has 0 radical (unpaired) electrons. The van der Waals surface area contributed by atoms with E-state index in [1.807, 2.05) is 16.7 Å². The monoisotopic (exact) mass is 485 g/mol. The standard InChI is InChI=1S/C24H26F3N7O/c1-4-33-19-10-29-23(31-21(19)34-13-24(2,3)7-18(34)22(33)35)28-8-15-9-30-32(12-15)11-14-5-16(25)20(27)17(26)6-14/h5-7,9-10,12,22,35H,4,8,11,13H2,1-3H3,(H,28,29,31). The Morgan fingerprint density at radius 3 is 2.60 bits per heavy atom. The highest BCUT2D eigenvalue weighted by Gasteiger charge is 2.42. The number of halogens is 3. The zero-order valence-corrected chi connectivity index (χ0v) is 19.6. The van der Waals surface area contributed by atoms with Crippen molar-refractivity contribution in [3.8, 4) is 0 Å². The molecule has 11 heteroatoms. The Kier molecular flexibility index (Phi) is 5.66. The Morgan fingerprint density at radius 2 is 1.89 bits per heavy atom. The van der Waals surface area contributed by atoms with Crippen molar-refractivity contribution in [1.29, 1.82) is 0 Å². The van der Waals surface area contributed by atoms with E-state index in [0.717, 1.165) is 34.9 Å². The van der Waals surface area contributed by atoms with E-state index in [1.54, 1.807) is 18.6 Å². The largest absolute Gasteiger partial charge is 0.368 e. The molecule has 0 bridgehead atoms. The number of aliphatic hydroxyl groups excluding tert-OH is 1. The fraction of sp³-hybridized carbons (Fsp3) is 0.375. The molecule has 1 atom stereocenters. The molecule has 8 nitrogen and oxygen atoms in total. The summed E-state index contributed by atoms with van der Waals surface area (Å²) in [5, 5.41) is 18.3. The van der Waals surface area contributed by atoms with Gasteiger partial charge in [0.1, 0.15) is 5.69 Å². The maximum absolute atomic E-state index is 13.5. The number of nitrogens with zero attached hydrogens (tertiary/aromatic N) is 6. The van der Waals surface area contributed by atoms with Gasteiger partial charge in [-0.25, -0.2) is 18.2 Å². The number of nitrogens with one attached hydrogen (secondary N) is 1. The van der Waals surface area contributed by atoms with Gasteiger partial charge in [-0.1, -0.05) is 19.9 Å². The van der Waals surface area contributed by atoms with Gasteiger partial charge in [-0.3, -0.25) is 4.68 Å². The second kappa shape index (κ2) is 8.56. The second-order valence-electron chi connectivity index (χ2n) is 9.48. The quantitative estimate of drug-likeness (QED) is 0.516. The first-order valence-corrected chi connectivity index (χ1v) is 11.4. The summed E-state index contributed by atoms with van der Waals surface area (Å²) in [6.07, 6.45) is 6.40. The summed E-state index contributed by atoms with van der Waals surface area (Å²) < 4.78 is 41.6. The van der Waals surface area contributed by atoms with Crippen LogP contribution in [0.1, 0.15) is 31.9 Å². The fourth-order valence-electron chi connectivity index (χ4n) is 4.57. The van der Waals surface area contributed by atoms with Crippen LogP contribution in [0.2, 0.25) is 0 Å². The second-order valence-corrected chi connectivity index (χ2v) is 9.48. The van der Waals surface area contributed by atoms with Crippen LogP contribution >= 0.6 is 0 Å². The number of hydrogen-bond acceptors (Lipinski definition) is 7. The van der Waals surface area contributed by atoms with Gasteiger partial charge >= 0.3 is 0 Å². The Morgan fingerprint density at radius 1 is 1.14 bits per heavy atom. The van der Waals surface area contributed by atoms with Crippen LogP contribution in [0.3, 0.4) is 0 Å². The minimum absolute atomic E-state index is 0.0957. The van der Waals surface area contributed by atoms with Crippen molar-refractivity contribution in [2.75, 3.05) is 28.2 Å². The van der Waals surface area contributed by atoms with Crippen LogP contribution < -0.4 is 15.1 Å². The molecule has 0 spiro atoms. The highest BCUT2D eigenvalue weighted by atomic mass is 19.2. The molecular weight excluding hydrogens is 459 g/mol. The predicted octanol–water partition coefficient (Wildman–Crippen LogP) is 3.64. The summed E-state index contributed by atoms with van der Waals surface area (Å²) >= 11 is 0. The third-order valence-electron chi connectivity index (χ3n) is 6.16. The van der Waals surface area contributed by atoms with Gasteiger partial charge in [-0.2, -0.15) is 10.1 Å². The number of aromatic nitrogens is 4. The van der Waals surface area contributed by atoms with Crippen LogP contribution in [-0.2, 0) is 13.1 Å². The van der Waals surface area contributed by atoms with Gasteiger partial charge in [0.2, 0.25) is 5.95 Å². The Labute approximate surface area is 200 Å². The number of anilines is 3. The highest BCUT2D eigenvalue weighted by Crippen LogP contribution is 2.44. The average molecular weight is 486 g/mol. The van der Waals surface area contributed by atoms with E-state index in [-0.39, 0.29) is 17.5 Å². The van der Waals surface area contributed by atoms with Crippen molar-refractivity contribution in [1.82, 2.24) is 19.7 Å². The van der Waals surface area contributed by atoms with Gasteiger partial charge in [-0.15, -0.1) is 0 Å². The first-order valence-electron chi connectivity index (χ1n) is 11.4. The molecule has 0 aliphatic carbocycles. The van der Waals surface area contributed by atoms with Gasteiger partial charge in [0.05, 0.1) is 24.6 Å². The summed E-state index contributed by atoms with van der Waals surface area (Å²) in [7, 11) is 0. The summed E-state index contributed by atoms with van der Waals surface area (Å²) in [6.45, 7) is 8.00. The van der Waals surface area contributed by atoms with Crippen molar-refractivity contribution in [2.45, 2.75) is 40.1 Å². The maximum atomic E-state index is 13.5. The molecule has 1 unspecified atom stereocenters. The van der Waals surface area contributed by atoms with Crippen LogP contribution in [-0.4, -0.2) is 44.2 Å². The molecule has 184 valence electrons. The van der Waals surface area contributed by atoms with Crippen LogP contribution in [0.25, 0.3) is 0 Å². The van der Waals surface area contributed by atoms with Crippen molar-refractivity contribution < 1.29 is 18.3 Å². The number of likely N-dealkylation sites (N-methyl/N-ethyl adjacent to an activating group) is 1. The molecule has 5 rings (SSSR count). The van der Waals surface area contributed by atoms with Gasteiger partial charge in [0, 0.05) is 36.8 Å². The first kappa shape index (κ1) is 23.2. The number of fused-ring (bicyclic) bond motifs is 3. The minimum atomic E-state index is -1.49. The van der Waals surface area contributed by atoms with Crippen molar-refractivity contribution in [3.05, 3.63) is 71.1 Å². The molecule has 3 aromatic rings. The lowest BCUT2D eigenvalue weighted by Crippen LogP contribution is -2.46. The zero-order chi connectivity index (χ0) is 24.9. The SMILES string of the molecule is CCN1c2cnc(NCc3cnn(Cc4cc(F)c(F)c(F)c4)c3)nc2N2CC(C)(C)C=C2C1O. The molecule has 4 heterocycles. The molecule has 35 heavy (non-hydrogen) atoms. The van der Waals surface area contributed by atoms with Crippen molar-refractivity contribution in [2.24, 2.45) is 5.41 Å². The van der Waals surface area contributed by atoms with E-state index in [1.165, 1.54) is 4.68 Å². The lowest BCUT2D eigenvalue weighted by Gasteiger charge is -2.40. The van der Waals surface area contributed by atoms with E-state index in [2.05, 4.69) is 35.3 Å². The lowest BCUT2D eigenvalue weighted by atomic mass is 9.95. The summed E-state index contributed by atoms with van der Waals surface area (Å²) in [5.41, 5.74) is 2.57. The topological polar surface area (TPSA) is 82.3 Å². The van der Waals surface area contributed by atoms with E-state index in [4.69, 9.17) is 4.98 Å². The molecule has 0 amide bonds. The molecule has 1 aromatic carbocycles. The van der Waals surface area contributed by atoms with Gasteiger partial charge in [0.15, 0.2) is 29.5 Å². The molecular formula is C24H26F3N7O. The van der Waals surface area contributed by atoms with Crippen molar-refractivity contribution >= 4 is 17.5 Å². The molecule has 0 fully saturated rings. The number of aliphatic hydroxyl groups is 1. The van der Waals surface area contributed by atoms with Gasteiger partial charge < -0.3 is 20.2 Å². The average Bonchev–Trinajstić information content (AvgIpc) is 3.39. The molecule has 0 saturated carbocycles. The Hall–Kier alpha value is -3.60. The molecule has 2 aromatic heterocycles. The molecule has 2 N–H and O–H groups in total. The minimum Gasteiger partial charge on any atom is -0.368 e. The molecule has 2 aliphatic rings. The van der Waals surface area contributed by atoms with E-state index >= 15 is 0 Å². The van der Waals surface area contributed by atoms with E-state index in [9.17, 15) is 18.3 Å². The Bertz CT molecular complexity index is 1280. The predicted molar refractivity (Wildman–Crippen MR) is 125 cm³/mol. The summed E-state index contributed by atoms with van der Waals surface area (Å²) in [5.74, 6) is -2.78. The number of rotatable bonds is 6. The fourth-order valence-corrected chi connectivity index (χ4v) is 4.57. The summed E-state index contributed by atoms with van der Waals surface area (Å²) in [4.78, 5) is 13.1. The Balaban J connectivity index is 1.31. The van der Waals surface area contributed by atoms with Gasteiger partial charge in [0.25, 0.3) is 0 Å². The van der Waals surface area contributed by atoms with Gasteiger partial charge in [-0.05, 0) is 24.6 Å². The zero-order valence-electron chi connectivity index (χ0n) is 19.6. The third kappa shape index (κ3) is 4.31. The van der Waals surface area contributed by atoms with E-state index in [0.29, 0.717) is 25.6 Å². The third-order valence-corrected chi connectivity index (χ3v) is 6.16. The van der Waals surface area contributed by atoms with Crippen LogP contribution in [0, 0.1) is 22.9 Å². The molecule has 0 saturated heterocycles. The maximum Gasteiger partial charge on any atom is 0.225 e. The molecule has 2 aliphatic heterocycles. The van der Waals surface area contributed by atoms with E-state index < -0.39 is 23.7 Å². The van der Waals surface area contributed by atoms with Crippen LogP contribution in [0.15, 0.2) is 42.5 Å². The summed E-state index contributed by atoms with van der Waals surface area (Å²) in [6, 6.07) is 1.91. The lowest BCUT2D eigenvalue weighted by molar-refractivity contribution is 0.199. The van der Waals surface area contributed by atoms with Crippen LogP contribution in [0.5, 0.6) is 0 Å². The number of benzene rings is 1. The first-order chi connectivity index (χ1) is 16.6. The highest BCUT2D eigenvalue weighted by molar-refractivity contribution is 5.75. The number of hydrogen-bond donors (Lipinski definition) is 2. The van der Waals surface area contributed by atoms with Crippen molar-refractivity contribution in [3.63, 3.8) is 0 Å². The van der Waals surface area contributed by atoms with Crippen LogP contribution in [0.4, 0.5) is 30.6 Å².